The molecule has 0 atom stereocenters. The number of hydrogen-bond acceptors (Lipinski definition) is 3. The van der Waals surface area contributed by atoms with Gasteiger partial charge in [0.05, 0.1) is 5.69 Å². The Morgan fingerprint density at radius 3 is 3.05 bits per heavy atom. The van der Waals surface area contributed by atoms with E-state index in [1.165, 1.54) is 33.3 Å². The first-order chi connectivity index (χ1) is 10.4. The monoisotopic (exact) mass is 295 g/mol. The maximum absolute atomic E-state index is 6.10. The highest BCUT2D eigenvalue weighted by Crippen LogP contribution is 2.33. The third-order valence-corrected chi connectivity index (χ3v) is 4.99. The van der Waals surface area contributed by atoms with E-state index in [0.717, 1.165) is 18.7 Å². The van der Waals surface area contributed by atoms with E-state index in [0.29, 0.717) is 6.61 Å². The van der Waals surface area contributed by atoms with Crippen LogP contribution in [-0.4, -0.2) is 6.54 Å². The van der Waals surface area contributed by atoms with Crippen molar-refractivity contribution in [2.24, 2.45) is 0 Å². The van der Waals surface area contributed by atoms with Crippen LogP contribution in [0.25, 0.3) is 10.1 Å². The molecule has 1 aliphatic heterocycles. The molecule has 0 spiro atoms. The summed E-state index contributed by atoms with van der Waals surface area (Å²) >= 11 is 1.78. The first-order valence-corrected chi connectivity index (χ1v) is 8.23. The van der Waals surface area contributed by atoms with Gasteiger partial charge in [0.15, 0.2) is 0 Å². The molecular formula is C18H17NOS. The minimum Gasteiger partial charge on any atom is -0.487 e. The summed E-state index contributed by atoms with van der Waals surface area (Å²) in [5.41, 5.74) is 3.82. The van der Waals surface area contributed by atoms with Gasteiger partial charge in [-0.3, -0.25) is 0 Å². The molecule has 106 valence electrons. The van der Waals surface area contributed by atoms with E-state index in [2.05, 4.69) is 53.2 Å². The van der Waals surface area contributed by atoms with Gasteiger partial charge in [-0.2, -0.15) is 0 Å². The molecule has 1 aromatic heterocycles. The van der Waals surface area contributed by atoms with Crippen molar-refractivity contribution in [1.29, 1.82) is 0 Å². The minimum atomic E-state index is 0.627. The average molecular weight is 295 g/mol. The summed E-state index contributed by atoms with van der Waals surface area (Å²) in [5, 5.41) is 6.98. The predicted molar refractivity (Wildman–Crippen MR) is 89.4 cm³/mol. The quantitative estimate of drug-likeness (QED) is 0.746. The number of aryl methyl sites for hydroxylation is 1. The zero-order chi connectivity index (χ0) is 14.1. The van der Waals surface area contributed by atoms with E-state index in [4.69, 9.17) is 4.74 Å². The van der Waals surface area contributed by atoms with Crippen molar-refractivity contribution in [3.63, 3.8) is 0 Å². The van der Waals surface area contributed by atoms with E-state index in [1.54, 1.807) is 11.3 Å². The van der Waals surface area contributed by atoms with Crippen molar-refractivity contribution < 1.29 is 4.74 Å². The van der Waals surface area contributed by atoms with Crippen LogP contribution in [0.5, 0.6) is 5.75 Å². The van der Waals surface area contributed by atoms with Crippen molar-refractivity contribution in [2.75, 3.05) is 11.9 Å². The summed E-state index contributed by atoms with van der Waals surface area (Å²) in [4.78, 5) is 0. The summed E-state index contributed by atoms with van der Waals surface area (Å²) in [6, 6.07) is 14.8. The van der Waals surface area contributed by atoms with Gasteiger partial charge in [-0.05, 0) is 41.3 Å². The van der Waals surface area contributed by atoms with Crippen LogP contribution in [0.1, 0.15) is 17.5 Å². The Morgan fingerprint density at radius 2 is 2.05 bits per heavy atom. The Labute approximate surface area is 128 Å². The van der Waals surface area contributed by atoms with E-state index in [9.17, 15) is 0 Å². The zero-order valence-corrected chi connectivity index (χ0v) is 12.6. The van der Waals surface area contributed by atoms with Crippen LogP contribution in [0.2, 0.25) is 0 Å². The van der Waals surface area contributed by atoms with Crippen LogP contribution in [0, 0.1) is 0 Å². The molecule has 3 aromatic rings. The molecule has 1 aliphatic rings. The number of thiophene rings is 1. The van der Waals surface area contributed by atoms with E-state index in [-0.39, 0.29) is 0 Å². The molecule has 2 aromatic carbocycles. The number of para-hydroxylation sites is 1. The van der Waals surface area contributed by atoms with Crippen molar-refractivity contribution in [1.82, 2.24) is 0 Å². The second-order valence-electron chi connectivity index (χ2n) is 5.37. The van der Waals surface area contributed by atoms with Crippen LogP contribution < -0.4 is 10.1 Å². The highest BCUT2D eigenvalue weighted by molar-refractivity contribution is 7.17. The average Bonchev–Trinajstić information content (AvgIpc) is 2.96. The number of hydrogen-bond donors (Lipinski definition) is 1. The normalized spacial score (nSPS) is 13.7. The Balaban J connectivity index is 1.60. The van der Waals surface area contributed by atoms with E-state index in [1.807, 2.05) is 0 Å². The molecule has 2 heterocycles. The minimum absolute atomic E-state index is 0.627. The zero-order valence-electron chi connectivity index (χ0n) is 11.8. The third-order valence-electron chi connectivity index (χ3n) is 3.98. The molecule has 3 heteroatoms. The van der Waals surface area contributed by atoms with Crippen molar-refractivity contribution in [3.8, 4) is 5.75 Å². The molecule has 0 radical (unpaired) electrons. The molecule has 0 bridgehead atoms. The molecule has 0 amide bonds. The summed E-state index contributed by atoms with van der Waals surface area (Å²) in [6.45, 7) is 1.66. The summed E-state index contributed by atoms with van der Waals surface area (Å²) in [7, 11) is 0. The lowest BCUT2D eigenvalue weighted by atomic mass is 10.0. The maximum atomic E-state index is 6.10. The smallest absolute Gasteiger partial charge is 0.143 e. The molecular weight excluding hydrogens is 278 g/mol. The molecule has 0 unspecified atom stereocenters. The Bertz CT molecular complexity index is 778. The highest BCUT2D eigenvalue weighted by atomic mass is 32.1. The largest absolute Gasteiger partial charge is 0.487 e. The second-order valence-corrected chi connectivity index (χ2v) is 6.28. The van der Waals surface area contributed by atoms with Crippen LogP contribution in [0.15, 0.2) is 47.8 Å². The molecule has 2 nitrogen and oxygen atoms in total. The van der Waals surface area contributed by atoms with Crippen LogP contribution in [0.3, 0.4) is 0 Å². The van der Waals surface area contributed by atoms with Gasteiger partial charge < -0.3 is 10.1 Å². The van der Waals surface area contributed by atoms with Crippen molar-refractivity contribution in [3.05, 3.63) is 59.0 Å². The van der Waals surface area contributed by atoms with Crippen molar-refractivity contribution in [2.45, 2.75) is 19.4 Å². The molecule has 0 saturated heterocycles. The summed E-state index contributed by atoms with van der Waals surface area (Å²) in [6.07, 6.45) is 2.34. The number of benzene rings is 2. The third kappa shape index (κ3) is 2.38. The Kier molecular flexibility index (Phi) is 3.28. The summed E-state index contributed by atoms with van der Waals surface area (Å²) in [5.74, 6) is 0.975. The molecule has 1 N–H and O–H groups in total. The second kappa shape index (κ2) is 5.41. The highest BCUT2D eigenvalue weighted by Gasteiger charge is 2.13. The molecule has 4 rings (SSSR count). The van der Waals surface area contributed by atoms with Gasteiger partial charge in [0.25, 0.3) is 0 Å². The molecule has 0 fully saturated rings. The number of anilines is 1. The first kappa shape index (κ1) is 12.7. The predicted octanol–water partition coefficient (Wildman–Crippen LogP) is 4.84. The van der Waals surface area contributed by atoms with Gasteiger partial charge in [-0.15, -0.1) is 11.3 Å². The fraction of sp³-hybridized carbons (Fsp3) is 0.222. The molecule has 0 aliphatic carbocycles. The summed E-state index contributed by atoms with van der Waals surface area (Å²) < 4.78 is 7.42. The van der Waals surface area contributed by atoms with Gasteiger partial charge in [-0.1, -0.05) is 30.3 Å². The van der Waals surface area contributed by atoms with Crippen molar-refractivity contribution >= 4 is 27.1 Å². The van der Waals surface area contributed by atoms with Gasteiger partial charge in [0.2, 0.25) is 0 Å². The number of nitrogens with one attached hydrogen (secondary N) is 1. The van der Waals surface area contributed by atoms with Gasteiger partial charge in [0.1, 0.15) is 12.4 Å². The van der Waals surface area contributed by atoms with E-state index < -0.39 is 0 Å². The van der Waals surface area contributed by atoms with Crippen LogP contribution in [0.4, 0.5) is 5.69 Å². The van der Waals surface area contributed by atoms with Crippen LogP contribution >= 0.6 is 11.3 Å². The van der Waals surface area contributed by atoms with Crippen LogP contribution in [-0.2, 0) is 13.0 Å². The SMILES string of the molecule is c1cc2c(c(OCc3csc4ccccc34)c1)NCCC2. The lowest BCUT2D eigenvalue weighted by Crippen LogP contribution is -2.13. The fourth-order valence-electron chi connectivity index (χ4n) is 2.90. The van der Waals surface area contributed by atoms with Gasteiger partial charge in [0, 0.05) is 16.8 Å². The number of rotatable bonds is 3. The van der Waals surface area contributed by atoms with Gasteiger partial charge in [-0.25, -0.2) is 0 Å². The Hall–Kier alpha value is -2.00. The maximum Gasteiger partial charge on any atom is 0.143 e. The molecule has 21 heavy (non-hydrogen) atoms. The first-order valence-electron chi connectivity index (χ1n) is 7.35. The standard InChI is InChI=1S/C18H17NOS/c1-2-9-17-15(7-1)14(12-21-17)11-20-16-8-3-5-13-6-4-10-19-18(13)16/h1-3,5,7-9,12,19H,4,6,10-11H2. The lowest BCUT2D eigenvalue weighted by molar-refractivity contribution is 0.309. The number of fused-ring (bicyclic) bond motifs is 2. The lowest BCUT2D eigenvalue weighted by Gasteiger charge is -2.21. The van der Waals surface area contributed by atoms with Gasteiger partial charge >= 0.3 is 0 Å². The molecule has 0 saturated carbocycles. The Morgan fingerprint density at radius 1 is 1.10 bits per heavy atom. The number of ether oxygens (including phenoxy) is 1. The van der Waals surface area contributed by atoms with E-state index >= 15 is 0 Å². The topological polar surface area (TPSA) is 21.3 Å². The fourth-order valence-corrected chi connectivity index (χ4v) is 3.85.